The van der Waals surface area contributed by atoms with Crippen molar-refractivity contribution >= 4 is 44.5 Å². The third kappa shape index (κ3) is 6.31. The molecule has 0 atom stereocenters. The number of benzene rings is 2. The first-order valence-electron chi connectivity index (χ1n) is 11.5. The van der Waals surface area contributed by atoms with E-state index in [0.29, 0.717) is 36.4 Å². The highest BCUT2D eigenvalue weighted by molar-refractivity contribution is 7.91. The zero-order valence-electron chi connectivity index (χ0n) is 19.7. The van der Waals surface area contributed by atoms with Gasteiger partial charge in [0.15, 0.2) is 0 Å². The fourth-order valence-electron chi connectivity index (χ4n) is 3.98. The molecule has 1 saturated heterocycles. The number of nitro benzene ring substituents is 1. The molecule has 5 N–H and O–H groups in total. The maximum Gasteiger partial charge on any atom is 0.269 e. The summed E-state index contributed by atoms with van der Waals surface area (Å²) in [4.78, 5) is 23.2. The Morgan fingerprint density at radius 3 is 2.46 bits per heavy atom. The van der Waals surface area contributed by atoms with Crippen molar-refractivity contribution in [1.29, 1.82) is 5.41 Å². The Balaban J connectivity index is 1.31. The van der Waals surface area contributed by atoms with Gasteiger partial charge in [-0.25, -0.2) is 8.42 Å². The minimum atomic E-state index is -3.66. The molecule has 1 aliphatic rings. The summed E-state index contributed by atoms with van der Waals surface area (Å²) < 4.78 is 28.0. The lowest BCUT2D eigenvalue weighted by Gasteiger charge is -2.31. The van der Waals surface area contributed by atoms with Crippen LogP contribution in [0.5, 0.6) is 0 Å². The van der Waals surface area contributed by atoms with Crippen LogP contribution in [-0.4, -0.2) is 48.5 Å². The smallest absolute Gasteiger partial charge is 0.269 e. The summed E-state index contributed by atoms with van der Waals surface area (Å²) in [7, 11) is -3.66. The summed E-state index contributed by atoms with van der Waals surface area (Å²) in [5.41, 5.74) is 7.20. The van der Waals surface area contributed by atoms with Gasteiger partial charge in [-0.05, 0) is 49.2 Å². The highest BCUT2D eigenvalue weighted by Crippen LogP contribution is 2.28. The molecule has 1 fully saturated rings. The largest absolute Gasteiger partial charge is 0.384 e. The molecule has 0 radical (unpaired) electrons. The number of carbonyl (C=O) groups is 1. The third-order valence-corrected chi connectivity index (χ3v) is 9.44. The second kappa shape index (κ2) is 11.1. The molecule has 0 bridgehead atoms. The number of amides is 1. The molecule has 13 heteroatoms. The SMILES string of the molecule is N=C(N)c1cccc(NC2CCN(S(=O)(=O)c3ccc(CNC(=O)c4ccc([N+](=O)[O-])cc4)s3)CC2)c1. The van der Waals surface area contributed by atoms with Crippen LogP contribution in [0.1, 0.15) is 33.6 Å². The van der Waals surface area contributed by atoms with Crippen molar-refractivity contribution in [2.45, 2.75) is 29.6 Å². The molecule has 2 aromatic carbocycles. The molecule has 4 rings (SSSR count). The van der Waals surface area contributed by atoms with Crippen LogP contribution >= 0.6 is 11.3 Å². The number of nitrogen functional groups attached to an aromatic ring is 1. The van der Waals surface area contributed by atoms with E-state index in [4.69, 9.17) is 11.1 Å². The van der Waals surface area contributed by atoms with Crippen LogP contribution in [0.4, 0.5) is 11.4 Å². The van der Waals surface area contributed by atoms with E-state index in [1.54, 1.807) is 24.3 Å². The van der Waals surface area contributed by atoms with Crippen LogP contribution < -0.4 is 16.4 Å². The van der Waals surface area contributed by atoms with E-state index >= 15 is 0 Å². The van der Waals surface area contributed by atoms with Gasteiger partial charge in [0.05, 0.1) is 11.5 Å². The number of hydrogen-bond acceptors (Lipinski definition) is 8. The number of nitrogens with zero attached hydrogens (tertiary/aromatic N) is 2. The Morgan fingerprint density at radius 2 is 1.81 bits per heavy atom. The zero-order valence-corrected chi connectivity index (χ0v) is 21.3. The number of hydrogen-bond donors (Lipinski definition) is 4. The molecule has 37 heavy (non-hydrogen) atoms. The van der Waals surface area contributed by atoms with Crippen molar-refractivity contribution < 1.29 is 18.1 Å². The van der Waals surface area contributed by atoms with Crippen molar-refractivity contribution in [1.82, 2.24) is 9.62 Å². The van der Waals surface area contributed by atoms with Crippen molar-refractivity contribution in [3.8, 4) is 0 Å². The normalized spacial score (nSPS) is 14.7. The van der Waals surface area contributed by atoms with Gasteiger partial charge in [-0.3, -0.25) is 20.3 Å². The van der Waals surface area contributed by atoms with E-state index in [-0.39, 0.29) is 33.9 Å². The number of nitrogens with two attached hydrogens (primary N) is 1. The number of nitrogens with one attached hydrogen (secondary N) is 3. The van der Waals surface area contributed by atoms with Crippen LogP contribution in [-0.2, 0) is 16.6 Å². The van der Waals surface area contributed by atoms with Crippen LogP contribution in [0.25, 0.3) is 0 Å². The summed E-state index contributed by atoms with van der Waals surface area (Å²) in [6, 6.07) is 15.9. The number of anilines is 1. The predicted octanol–water partition coefficient (Wildman–Crippen LogP) is 3.14. The molecule has 1 aliphatic heterocycles. The van der Waals surface area contributed by atoms with Gasteiger partial charge in [-0.1, -0.05) is 12.1 Å². The first-order valence-corrected chi connectivity index (χ1v) is 13.7. The number of nitro groups is 1. The molecule has 3 aromatic rings. The second-order valence-electron chi connectivity index (χ2n) is 8.52. The highest BCUT2D eigenvalue weighted by atomic mass is 32.2. The standard InChI is InChI=1S/C24H26N6O5S2/c25-23(26)17-2-1-3-19(14-17)28-18-10-12-29(13-11-18)37(34,35)22-9-8-21(36-22)15-27-24(31)16-4-6-20(7-5-16)30(32)33/h1-9,14,18,28H,10-13,15H2,(H3,25,26)(H,27,31). The topological polar surface area (TPSA) is 172 Å². The average molecular weight is 543 g/mol. The molecule has 0 spiro atoms. The lowest BCUT2D eigenvalue weighted by atomic mass is 10.1. The summed E-state index contributed by atoms with van der Waals surface area (Å²) in [5.74, 6) is -0.415. The zero-order chi connectivity index (χ0) is 26.6. The third-order valence-electron chi connectivity index (χ3n) is 5.99. The van der Waals surface area contributed by atoms with Gasteiger partial charge in [0, 0.05) is 53.0 Å². The molecule has 0 unspecified atom stereocenters. The van der Waals surface area contributed by atoms with Gasteiger partial charge < -0.3 is 16.4 Å². The van der Waals surface area contributed by atoms with Crippen LogP contribution in [0.3, 0.4) is 0 Å². The Kier molecular flexibility index (Phi) is 7.86. The van der Waals surface area contributed by atoms with Gasteiger partial charge >= 0.3 is 0 Å². The van der Waals surface area contributed by atoms with E-state index in [2.05, 4.69) is 10.6 Å². The average Bonchev–Trinajstić information content (AvgIpc) is 3.38. The van der Waals surface area contributed by atoms with Crippen molar-refractivity contribution in [3.63, 3.8) is 0 Å². The Hall–Kier alpha value is -3.81. The van der Waals surface area contributed by atoms with E-state index in [9.17, 15) is 23.3 Å². The highest BCUT2D eigenvalue weighted by Gasteiger charge is 2.30. The van der Waals surface area contributed by atoms with Gasteiger partial charge in [0.2, 0.25) is 0 Å². The Bertz CT molecular complexity index is 1410. The minimum absolute atomic E-state index is 0.00852. The number of carbonyl (C=O) groups excluding carboxylic acids is 1. The monoisotopic (exact) mass is 542 g/mol. The number of non-ortho nitro benzene ring substituents is 1. The Labute approximate surface area is 218 Å². The fraction of sp³-hybridized carbons (Fsp3) is 0.250. The van der Waals surface area contributed by atoms with E-state index in [0.717, 1.165) is 17.0 Å². The number of thiophene rings is 1. The Morgan fingerprint density at radius 1 is 1.11 bits per heavy atom. The van der Waals surface area contributed by atoms with E-state index in [1.807, 2.05) is 12.1 Å². The first kappa shape index (κ1) is 26.3. The molecule has 194 valence electrons. The lowest BCUT2D eigenvalue weighted by molar-refractivity contribution is -0.384. The number of amidine groups is 1. The molecule has 0 saturated carbocycles. The van der Waals surface area contributed by atoms with Crippen LogP contribution in [0.15, 0.2) is 64.9 Å². The van der Waals surface area contributed by atoms with Gasteiger partial charge in [-0.15, -0.1) is 11.3 Å². The van der Waals surface area contributed by atoms with Crippen molar-refractivity contribution in [2.75, 3.05) is 18.4 Å². The summed E-state index contributed by atoms with van der Waals surface area (Å²) in [6.07, 6.45) is 1.26. The molecule has 1 aromatic heterocycles. The second-order valence-corrected chi connectivity index (χ2v) is 11.9. The minimum Gasteiger partial charge on any atom is -0.384 e. The molecule has 0 aliphatic carbocycles. The summed E-state index contributed by atoms with van der Waals surface area (Å²) >= 11 is 1.10. The van der Waals surface area contributed by atoms with Gasteiger partial charge in [0.1, 0.15) is 10.0 Å². The van der Waals surface area contributed by atoms with Crippen molar-refractivity contribution in [3.05, 3.63) is 86.8 Å². The fourth-order valence-corrected chi connectivity index (χ4v) is 6.90. The first-order chi connectivity index (χ1) is 17.6. The quantitative estimate of drug-likeness (QED) is 0.139. The van der Waals surface area contributed by atoms with E-state index in [1.165, 1.54) is 28.6 Å². The number of piperidine rings is 1. The van der Waals surface area contributed by atoms with Crippen molar-refractivity contribution in [2.24, 2.45) is 5.73 Å². The predicted molar refractivity (Wildman–Crippen MR) is 141 cm³/mol. The number of rotatable bonds is 9. The maximum absolute atomic E-state index is 13.2. The summed E-state index contributed by atoms with van der Waals surface area (Å²) in [5, 5.41) is 24.4. The molecular formula is C24H26N6O5S2. The molecule has 11 nitrogen and oxygen atoms in total. The lowest BCUT2D eigenvalue weighted by Crippen LogP contribution is -2.42. The number of sulfonamides is 1. The maximum atomic E-state index is 13.2. The van der Waals surface area contributed by atoms with Gasteiger partial charge in [-0.2, -0.15) is 4.31 Å². The molecule has 1 amide bonds. The van der Waals surface area contributed by atoms with Crippen LogP contribution in [0.2, 0.25) is 0 Å². The summed E-state index contributed by atoms with van der Waals surface area (Å²) in [6.45, 7) is 0.883. The van der Waals surface area contributed by atoms with Crippen LogP contribution in [0, 0.1) is 15.5 Å². The van der Waals surface area contributed by atoms with E-state index < -0.39 is 20.9 Å². The van der Waals surface area contributed by atoms with Gasteiger partial charge in [0.25, 0.3) is 21.6 Å². The molecule has 2 heterocycles. The molecular weight excluding hydrogens is 516 g/mol.